The lowest BCUT2D eigenvalue weighted by Crippen LogP contribution is -2.38. The SMILES string of the molecule is COC(C)CC(CBr)(CBr)C1CCS(=O)(=O)C1. The number of alkyl halides is 2. The zero-order valence-electron chi connectivity index (χ0n) is 10.3. The predicted molar refractivity (Wildman–Crippen MR) is 77.9 cm³/mol. The van der Waals surface area contributed by atoms with Crippen LogP contribution in [-0.2, 0) is 14.6 Å². The molecular formula is C11H20Br2O3S. The van der Waals surface area contributed by atoms with Crippen molar-refractivity contribution in [2.75, 3.05) is 29.3 Å². The maximum atomic E-state index is 11.6. The van der Waals surface area contributed by atoms with E-state index in [0.29, 0.717) is 11.5 Å². The number of hydrogen-bond acceptors (Lipinski definition) is 3. The van der Waals surface area contributed by atoms with Crippen molar-refractivity contribution in [1.82, 2.24) is 0 Å². The Balaban J connectivity index is 2.84. The molecule has 0 aromatic rings. The summed E-state index contributed by atoms with van der Waals surface area (Å²) in [6, 6.07) is 0. The predicted octanol–water partition coefficient (Wildman–Crippen LogP) is 2.62. The highest BCUT2D eigenvalue weighted by molar-refractivity contribution is 9.09. The topological polar surface area (TPSA) is 43.4 Å². The molecule has 17 heavy (non-hydrogen) atoms. The van der Waals surface area contributed by atoms with Crippen LogP contribution in [0, 0.1) is 11.3 Å². The third kappa shape index (κ3) is 3.91. The fourth-order valence-corrected chi connectivity index (χ4v) is 6.71. The zero-order chi connectivity index (χ0) is 13.1. The molecule has 0 aromatic heterocycles. The monoisotopic (exact) mass is 390 g/mol. The first-order chi connectivity index (χ1) is 7.89. The molecule has 0 aliphatic carbocycles. The van der Waals surface area contributed by atoms with Crippen molar-refractivity contribution in [1.29, 1.82) is 0 Å². The van der Waals surface area contributed by atoms with E-state index in [1.807, 2.05) is 6.92 Å². The van der Waals surface area contributed by atoms with Gasteiger partial charge in [0.1, 0.15) is 0 Å². The number of halogens is 2. The second-order valence-corrected chi connectivity index (χ2v) is 8.33. The van der Waals surface area contributed by atoms with Crippen molar-refractivity contribution in [3.8, 4) is 0 Å². The van der Waals surface area contributed by atoms with E-state index < -0.39 is 9.84 Å². The van der Waals surface area contributed by atoms with Crippen molar-refractivity contribution in [3.05, 3.63) is 0 Å². The first kappa shape index (κ1) is 15.9. The highest BCUT2D eigenvalue weighted by atomic mass is 79.9. The minimum atomic E-state index is -2.82. The van der Waals surface area contributed by atoms with Gasteiger partial charge in [-0.2, -0.15) is 0 Å². The van der Waals surface area contributed by atoms with Crippen molar-refractivity contribution in [2.45, 2.75) is 25.9 Å². The lowest BCUT2D eigenvalue weighted by Gasteiger charge is -2.37. The second kappa shape index (κ2) is 6.35. The van der Waals surface area contributed by atoms with Crippen LogP contribution in [0.2, 0.25) is 0 Å². The Morgan fingerprint density at radius 2 is 2.00 bits per heavy atom. The number of methoxy groups -OCH3 is 1. The Kier molecular flexibility index (Phi) is 5.95. The van der Waals surface area contributed by atoms with Crippen LogP contribution >= 0.6 is 31.9 Å². The van der Waals surface area contributed by atoms with E-state index in [1.54, 1.807) is 7.11 Å². The second-order valence-electron chi connectivity index (χ2n) is 4.98. The summed E-state index contributed by atoms with van der Waals surface area (Å²) in [5, 5.41) is 1.61. The van der Waals surface area contributed by atoms with Gasteiger partial charge < -0.3 is 4.74 Å². The molecule has 0 amide bonds. The van der Waals surface area contributed by atoms with Crippen LogP contribution in [0.15, 0.2) is 0 Å². The van der Waals surface area contributed by atoms with Gasteiger partial charge in [-0.3, -0.25) is 0 Å². The Labute approximate surface area is 121 Å². The molecule has 1 rings (SSSR count). The van der Waals surface area contributed by atoms with Gasteiger partial charge in [0.2, 0.25) is 0 Å². The quantitative estimate of drug-likeness (QED) is 0.653. The van der Waals surface area contributed by atoms with E-state index in [2.05, 4.69) is 31.9 Å². The average molecular weight is 392 g/mol. The molecule has 2 unspecified atom stereocenters. The Morgan fingerprint density at radius 3 is 2.35 bits per heavy atom. The maximum absolute atomic E-state index is 11.6. The third-order valence-electron chi connectivity index (χ3n) is 3.73. The van der Waals surface area contributed by atoms with Crippen LogP contribution < -0.4 is 0 Å². The maximum Gasteiger partial charge on any atom is 0.150 e. The molecular weight excluding hydrogens is 372 g/mol. The summed E-state index contributed by atoms with van der Waals surface area (Å²) in [6.07, 6.45) is 1.80. The normalized spacial score (nSPS) is 26.0. The standard InChI is InChI=1S/C11H20Br2O3S/c1-9(16-2)5-11(7-12,8-13)10-3-4-17(14,15)6-10/h9-10H,3-8H2,1-2H3. The highest BCUT2D eigenvalue weighted by Gasteiger charge is 2.44. The molecule has 3 nitrogen and oxygen atoms in total. The van der Waals surface area contributed by atoms with Gasteiger partial charge >= 0.3 is 0 Å². The largest absolute Gasteiger partial charge is 0.382 e. The van der Waals surface area contributed by atoms with Crippen molar-refractivity contribution < 1.29 is 13.2 Å². The van der Waals surface area contributed by atoms with Crippen LogP contribution in [0.4, 0.5) is 0 Å². The van der Waals surface area contributed by atoms with Gasteiger partial charge in [-0.25, -0.2) is 8.42 Å². The van der Waals surface area contributed by atoms with Gasteiger partial charge in [-0.1, -0.05) is 31.9 Å². The van der Waals surface area contributed by atoms with E-state index in [1.165, 1.54) is 0 Å². The van der Waals surface area contributed by atoms with Crippen LogP contribution in [-0.4, -0.2) is 43.8 Å². The molecule has 1 aliphatic rings. The van der Waals surface area contributed by atoms with Gasteiger partial charge in [0.15, 0.2) is 9.84 Å². The molecule has 102 valence electrons. The summed E-state index contributed by atoms with van der Waals surface area (Å²) < 4.78 is 28.6. The van der Waals surface area contributed by atoms with Gasteiger partial charge in [0, 0.05) is 17.8 Å². The van der Waals surface area contributed by atoms with Gasteiger partial charge in [0.25, 0.3) is 0 Å². The molecule has 1 heterocycles. The van der Waals surface area contributed by atoms with Crippen LogP contribution in [0.25, 0.3) is 0 Å². The molecule has 0 saturated carbocycles. The van der Waals surface area contributed by atoms with E-state index in [4.69, 9.17) is 4.74 Å². The minimum absolute atomic E-state index is 0.0288. The van der Waals surface area contributed by atoms with Gasteiger partial charge in [-0.15, -0.1) is 0 Å². The summed E-state index contributed by atoms with van der Waals surface area (Å²) >= 11 is 7.12. The average Bonchev–Trinajstić information content (AvgIpc) is 2.66. The zero-order valence-corrected chi connectivity index (χ0v) is 14.3. The first-order valence-corrected chi connectivity index (χ1v) is 9.80. The molecule has 0 N–H and O–H groups in total. The molecule has 2 atom stereocenters. The first-order valence-electron chi connectivity index (χ1n) is 5.74. The molecule has 0 aromatic carbocycles. The molecule has 0 spiro atoms. The number of ether oxygens (including phenoxy) is 1. The number of rotatable bonds is 6. The van der Waals surface area contributed by atoms with Crippen LogP contribution in [0.3, 0.4) is 0 Å². The summed E-state index contributed by atoms with van der Waals surface area (Å²) in [6.45, 7) is 2.03. The lowest BCUT2D eigenvalue weighted by molar-refractivity contribution is 0.0619. The lowest BCUT2D eigenvalue weighted by atomic mass is 9.74. The molecule has 0 radical (unpaired) electrons. The molecule has 0 bridgehead atoms. The Hall–Kier alpha value is 0.870. The van der Waals surface area contributed by atoms with E-state index >= 15 is 0 Å². The van der Waals surface area contributed by atoms with E-state index in [-0.39, 0.29) is 17.4 Å². The van der Waals surface area contributed by atoms with Crippen molar-refractivity contribution in [3.63, 3.8) is 0 Å². The smallest absolute Gasteiger partial charge is 0.150 e. The summed E-state index contributed by atoms with van der Waals surface area (Å²) in [7, 11) is -1.13. The summed E-state index contributed by atoms with van der Waals surface area (Å²) in [5.41, 5.74) is -0.0288. The fraction of sp³-hybridized carbons (Fsp3) is 1.00. The molecule has 1 fully saturated rings. The van der Waals surface area contributed by atoms with Gasteiger partial charge in [-0.05, 0) is 31.1 Å². The number of hydrogen-bond donors (Lipinski definition) is 0. The van der Waals surface area contributed by atoms with E-state index in [9.17, 15) is 8.42 Å². The van der Waals surface area contributed by atoms with Gasteiger partial charge in [0.05, 0.1) is 17.6 Å². The van der Waals surface area contributed by atoms with Crippen LogP contribution in [0.1, 0.15) is 19.8 Å². The van der Waals surface area contributed by atoms with E-state index in [0.717, 1.165) is 23.5 Å². The molecule has 6 heteroatoms. The summed E-state index contributed by atoms with van der Waals surface area (Å²) in [5.74, 6) is 0.880. The van der Waals surface area contributed by atoms with Crippen molar-refractivity contribution in [2.24, 2.45) is 11.3 Å². The third-order valence-corrected chi connectivity index (χ3v) is 7.73. The highest BCUT2D eigenvalue weighted by Crippen LogP contribution is 2.43. The Bertz CT molecular complexity index is 339. The Morgan fingerprint density at radius 1 is 1.41 bits per heavy atom. The molecule has 1 saturated heterocycles. The van der Waals surface area contributed by atoms with Crippen molar-refractivity contribution >= 4 is 41.7 Å². The fourth-order valence-electron chi connectivity index (χ4n) is 2.46. The number of sulfone groups is 1. The minimum Gasteiger partial charge on any atom is -0.382 e. The molecule has 1 aliphatic heterocycles. The summed E-state index contributed by atoms with van der Waals surface area (Å²) in [4.78, 5) is 0. The van der Waals surface area contributed by atoms with Crippen LogP contribution in [0.5, 0.6) is 0 Å².